The molecule has 86 valence electrons. The van der Waals surface area contributed by atoms with Crippen molar-refractivity contribution in [3.8, 4) is 11.8 Å². The van der Waals surface area contributed by atoms with Crippen molar-refractivity contribution in [2.24, 2.45) is 0 Å². The first kappa shape index (κ1) is 16.1. The van der Waals surface area contributed by atoms with Crippen molar-refractivity contribution in [1.29, 1.82) is 0 Å². The van der Waals surface area contributed by atoms with Gasteiger partial charge in [-0.15, -0.1) is 0 Å². The normalized spacial score (nSPS) is 9.22. The third kappa shape index (κ3) is 4.03. The molecule has 6 heteroatoms. The molecule has 0 atom stereocenters. The molecule has 0 spiro atoms. The summed E-state index contributed by atoms with van der Waals surface area (Å²) in [6, 6.07) is 1.68. The smallest absolute Gasteiger partial charge is 0.778 e. The van der Waals surface area contributed by atoms with Crippen LogP contribution in [0.4, 0.5) is 0 Å². The van der Waals surface area contributed by atoms with Gasteiger partial charge < -0.3 is 12.6 Å². The Hall–Kier alpha value is 0.0664. The summed E-state index contributed by atoms with van der Waals surface area (Å²) in [6.45, 7) is 2.84. The standard InChI is InChI=1S/C12H10ClN3S.K/c1-2-16-8-9(7-15-16)3-4-10-12(13)11(17)5-6-14-10;/h5-8H,2H2,1H3,(H,14,17);/q;+1/p-1. The van der Waals surface area contributed by atoms with E-state index in [1.54, 1.807) is 18.5 Å². The van der Waals surface area contributed by atoms with Gasteiger partial charge in [0.2, 0.25) is 0 Å². The van der Waals surface area contributed by atoms with Crippen LogP contribution in [0.5, 0.6) is 0 Å². The maximum atomic E-state index is 6.00. The fraction of sp³-hybridized carbons (Fsp3) is 0.167. The minimum absolute atomic E-state index is 0. The Morgan fingerprint density at radius 3 is 2.89 bits per heavy atom. The molecule has 0 unspecified atom stereocenters. The number of pyridine rings is 1. The van der Waals surface area contributed by atoms with Gasteiger partial charge in [-0.05, 0) is 12.8 Å². The van der Waals surface area contributed by atoms with Crippen molar-refractivity contribution in [3.05, 3.63) is 40.9 Å². The van der Waals surface area contributed by atoms with Crippen LogP contribution in [0.1, 0.15) is 18.2 Å². The van der Waals surface area contributed by atoms with Gasteiger partial charge in [0.05, 0.1) is 16.8 Å². The summed E-state index contributed by atoms with van der Waals surface area (Å²) in [7, 11) is 0. The van der Waals surface area contributed by atoms with Gasteiger partial charge in [-0.1, -0.05) is 23.6 Å². The summed E-state index contributed by atoms with van der Waals surface area (Å²) in [4.78, 5) is 4.65. The van der Waals surface area contributed by atoms with Crippen LogP contribution in [0, 0.1) is 11.8 Å². The summed E-state index contributed by atoms with van der Waals surface area (Å²) in [5.41, 5.74) is 1.34. The topological polar surface area (TPSA) is 30.7 Å². The van der Waals surface area contributed by atoms with E-state index in [9.17, 15) is 0 Å². The minimum Gasteiger partial charge on any atom is -0.778 e. The van der Waals surface area contributed by atoms with Crippen LogP contribution in [-0.4, -0.2) is 14.8 Å². The second-order valence-corrected chi connectivity index (χ2v) is 4.12. The van der Waals surface area contributed by atoms with E-state index in [4.69, 9.17) is 24.2 Å². The predicted molar refractivity (Wildman–Crippen MR) is 68.8 cm³/mol. The van der Waals surface area contributed by atoms with E-state index in [-0.39, 0.29) is 51.4 Å². The summed E-state index contributed by atoms with van der Waals surface area (Å²) in [6.07, 6.45) is 5.19. The molecule has 0 aromatic carbocycles. The Bertz CT molecular complexity index is 601. The Kier molecular flexibility index (Phi) is 6.81. The molecule has 0 amide bonds. The first-order valence-electron chi connectivity index (χ1n) is 5.06. The molecule has 0 aliphatic heterocycles. The first-order valence-corrected chi connectivity index (χ1v) is 5.85. The molecule has 2 aromatic rings. The van der Waals surface area contributed by atoms with Crippen molar-refractivity contribution >= 4 is 24.2 Å². The number of hydrogen-bond acceptors (Lipinski definition) is 3. The largest absolute Gasteiger partial charge is 1.00 e. The van der Waals surface area contributed by atoms with Crippen molar-refractivity contribution in [1.82, 2.24) is 14.8 Å². The zero-order valence-electron chi connectivity index (χ0n) is 10.1. The predicted octanol–water partition coefficient (Wildman–Crippen LogP) is -0.739. The number of aryl methyl sites for hydroxylation is 1. The van der Waals surface area contributed by atoms with Gasteiger partial charge in [-0.3, -0.25) is 4.68 Å². The molecule has 0 fully saturated rings. The molecule has 0 saturated heterocycles. The fourth-order valence-corrected chi connectivity index (χ4v) is 1.56. The van der Waals surface area contributed by atoms with Crippen molar-refractivity contribution in [3.63, 3.8) is 0 Å². The molecule has 0 saturated carbocycles. The van der Waals surface area contributed by atoms with Gasteiger partial charge in [-0.25, -0.2) is 4.98 Å². The van der Waals surface area contributed by atoms with Gasteiger partial charge in [0.15, 0.2) is 0 Å². The van der Waals surface area contributed by atoms with E-state index in [1.807, 2.05) is 17.8 Å². The molecule has 18 heavy (non-hydrogen) atoms. The second kappa shape index (κ2) is 7.61. The van der Waals surface area contributed by atoms with Crippen molar-refractivity contribution in [2.45, 2.75) is 18.4 Å². The summed E-state index contributed by atoms with van der Waals surface area (Å²) >= 11 is 11.0. The van der Waals surface area contributed by atoms with E-state index < -0.39 is 0 Å². The van der Waals surface area contributed by atoms with Crippen molar-refractivity contribution in [2.75, 3.05) is 0 Å². The third-order valence-corrected chi connectivity index (χ3v) is 2.97. The van der Waals surface area contributed by atoms with Crippen LogP contribution < -0.4 is 51.4 Å². The molecule has 0 radical (unpaired) electrons. The molecule has 0 aliphatic rings. The maximum absolute atomic E-state index is 6.00. The molecule has 0 aliphatic carbocycles. The minimum atomic E-state index is 0. The molecular formula is C12H9ClKN3S. The molecule has 0 N–H and O–H groups in total. The summed E-state index contributed by atoms with van der Waals surface area (Å²) < 4.78 is 1.81. The third-order valence-electron chi connectivity index (χ3n) is 2.14. The maximum Gasteiger partial charge on any atom is 1.00 e. The quantitative estimate of drug-likeness (QED) is 0.395. The number of halogens is 1. The van der Waals surface area contributed by atoms with Gasteiger partial charge in [0.1, 0.15) is 5.69 Å². The van der Waals surface area contributed by atoms with E-state index in [2.05, 4.69) is 21.9 Å². The molecule has 2 rings (SSSR count). The summed E-state index contributed by atoms with van der Waals surface area (Å²) in [5.74, 6) is 5.85. The van der Waals surface area contributed by atoms with Crippen molar-refractivity contribution < 1.29 is 51.4 Å². The Balaban J connectivity index is 0.00000162. The summed E-state index contributed by atoms with van der Waals surface area (Å²) in [5, 5.41) is 4.56. The van der Waals surface area contributed by atoms with Gasteiger partial charge in [0.25, 0.3) is 0 Å². The van der Waals surface area contributed by atoms with Gasteiger partial charge in [-0.2, -0.15) is 9.99 Å². The SMILES string of the molecule is CCn1cc(C#Cc2nccc([S-])c2Cl)cn1.[K+]. The number of nitrogens with zero attached hydrogens (tertiary/aromatic N) is 3. The van der Waals surface area contributed by atoms with E-state index in [0.29, 0.717) is 15.6 Å². The molecule has 2 heterocycles. The molecule has 0 bridgehead atoms. The average molecular weight is 302 g/mol. The Morgan fingerprint density at radius 1 is 1.44 bits per heavy atom. The average Bonchev–Trinajstić information content (AvgIpc) is 2.79. The second-order valence-electron chi connectivity index (χ2n) is 3.31. The Labute approximate surface area is 159 Å². The van der Waals surface area contributed by atoms with Crippen LogP contribution in [0.25, 0.3) is 0 Å². The number of aromatic nitrogens is 3. The molecule has 3 nitrogen and oxygen atoms in total. The van der Waals surface area contributed by atoms with E-state index >= 15 is 0 Å². The van der Waals surface area contributed by atoms with Crippen LogP contribution in [0.3, 0.4) is 0 Å². The fourth-order valence-electron chi connectivity index (χ4n) is 1.25. The zero-order chi connectivity index (χ0) is 12.3. The van der Waals surface area contributed by atoms with Gasteiger partial charge in [0, 0.05) is 18.9 Å². The van der Waals surface area contributed by atoms with Crippen LogP contribution in [-0.2, 0) is 19.2 Å². The van der Waals surface area contributed by atoms with E-state index in [0.717, 1.165) is 12.1 Å². The first-order chi connectivity index (χ1) is 8.20. The van der Waals surface area contributed by atoms with Crippen LogP contribution >= 0.6 is 11.6 Å². The monoisotopic (exact) mass is 301 g/mol. The van der Waals surface area contributed by atoms with Gasteiger partial charge >= 0.3 is 51.4 Å². The van der Waals surface area contributed by atoms with E-state index in [1.165, 1.54) is 0 Å². The Morgan fingerprint density at radius 2 is 2.22 bits per heavy atom. The van der Waals surface area contributed by atoms with Crippen LogP contribution in [0.15, 0.2) is 29.6 Å². The number of hydrogen-bond donors (Lipinski definition) is 0. The zero-order valence-corrected chi connectivity index (χ0v) is 14.8. The molecular weight excluding hydrogens is 293 g/mol. The van der Waals surface area contributed by atoms with Crippen LogP contribution in [0.2, 0.25) is 5.02 Å². The number of rotatable bonds is 1. The molecule has 2 aromatic heterocycles.